The highest BCUT2D eigenvalue weighted by molar-refractivity contribution is 6.00. The molecule has 3 N–H and O–H groups in total. The highest BCUT2D eigenvalue weighted by Gasteiger charge is 2.21. The Balaban J connectivity index is 1.79. The summed E-state index contributed by atoms with van der Waals surface area (Å²) in [6.45, 7) is 12.7. The number of benzene rings is 2. The fraction of sp³-hybridized carbons (Fsp3) is 0.308. The Morgan fingerprint density at radius 3 is 2.12 bits per heavy atom. The molecule has 6 nitrogen and oxygen atoms in total. The first-order valence-corrected chi connectivity index (χ1v) is 10.6. The number of hydrogen-bond acceptors (Lipinski definition) is 4. The topological polar surface area (TPSA) is 83.5 Å². The second-order valence-electron chi connectivity index (χ2n) is 9.78. The molecule has 0 bridgehead atoms. The van der Waals surface area contributed by atoms with E-state index in [9.17, 15) is 9.90 Å². The molecular formula is C26H31N3O3. The zero-order valence-electron chi connectivity index (χ0n) is 19.5. The monoisotopic (exact) mass is 433 g/mol. The summed E-state index contributed by atoms with van der Waals surface area (Å²) in [5, 5.41) is 15.5. The van der Waals surface area contributed by atoms with Gasteiger partial charge in [-0.15, -0.1) is 0 Å². The van der Waals surface area contributed by atoms with E-state index in [1.54, 1.807) is 6.07 Å². The highest BCUT2D eigenvalue weighted by Crippen LogP contribution is 2.36. The lowest BCUT2D eigenvalue weighted by Crippen LogP contribution is -2.20. The fourth-order valence-electron chi connectivity index (χ4n) is 3.22. The predicted molar refractivity (Wildman–Crippen MR) is 129 cm³/mol. The molecule has 0 saturated carbocycles. The van der Waals surface area contributed by atoms with Gasteiger partial charge in [0.05, 0.1) is 0 Å². The normalized spacial score (nSPS) is 11.7. The van der Waals surface area contributed by atoms with Crippen LogP contribution in [0.1, 0.15) is 52.7 Å². The number of rotatable bonds is 4. The number of hydrogen-bond donors (Lipinski definition) is 3. The van der Waals surface area contributed by atoms with Gasteiger partial charge in [-0.1, -0.05) is 71.9 Å². The minimum absolute atomic E-state index is 0.0358. The molecule has 0 aliphatic carbocycles. The summed E-state index contributed by atoms with van der Waals surface area (Å²) in [6, 6.07) is 17.9. The van der Waals surface area contributed by atoms with E-state index < -0.39 is 6.03 Å². The van der Waals surface area contributed by atoms with E-state index in [-0.39, 0.29) is 22.6 Å². The van der Waals surface area contributed by atoms with Crippen molar-refractivity contribution < 1.29 is 14.6 Å². The van der Waals surface area contributed by atoms with Gasteiger partial charge in [0.15, 0.2) is 0 Å². The lowest BCUT2D eigenvalue weighted by molar-refractivity contribution is 0.262. The number of nitrogens with zero attached hydrogens (tertiary/aromatic N) is 1. The molecule has 168 valence electrons. The number of ether oxygens (including phenoxy) is 1. The van der Waals surface area contributed by atoms with Crippen LogP contribution in [-0.4, -0.2) is 16.1 Å². The zero-order valence-corrected chi connectivity index (χ0v) is 19.5. The number of aromatic hydroxyl groups is 1. The molecule has 0 unspecified atom stereocenters. The molecule has 6 heteroatoms. The van der Waals surface area contributed by atoms with Crippen LogP contribution in [0.4, 0.5) is 16.2 Å². The fourth-order valence-corrected chi connectivity index (χ4v) is 3.22. The van der Waals surface area contributed by atoms with E-state index >= 15 is 0 Å². The van der Waals surface area contributed by atoms with Crippen molar-refractivity contribution in [3.05, 3.63) is 71.8 Å². The molecule has 0 saturated heterocycles. The quantitative estimate of drug-likeness (QED) is 0.422. The van der Waals surface area contributed by atoms with Crippen molar-refractivity contribution in [2.75, 3.05) is 10.6 Å². The summed E-state index contributed by atoms with van der Waals surface area (Å²) in [7, 11) is 0. The van der Waals surface area contributed by atoms with E-state index in [2.05, 4.69) is 57.2 Å². The maximum atomic E-state index is 12.6. The number of carbonyl (C=O) groups excluding carboxylic acids is 1. The van der Waals surface area contributed by atoms with Crippen molar-refractivity contribution in [2.45, 2.75) is 52.4 Å². The Kier molecular flexibility index (Phi) is 6.44. The van der Waals surface area contributed by atoms with Gasteiger partial charge in [0, 0.05) is 17.3 Å². The molecule has 1 heterocycles. The van der Waals surface area contributed by atoms with Crippen LogP contribution in [-0.2, 0) is 10.8 Å². The molecule has 2 amide bonds. The molecule has 3 rings (SSSR count). The molecule has 0 atom stereocenters. The number of nitrogens with one attached hydrogen (secondary N) is 2. The van der Waals surface area contributed by atoms with Crippen molar-refractivity contribution >= 4 is 17.4 Å². The molecule has 0 radical (unpaired) electrons. The number of amides is 2. The first-order chi connectivity index (χ1) is 14.9. The number of aromatic nitrogens is 1. The maximum absolute atomic E-state index is 12.6. The molecule has 2 aromatic carbocycles. The Hall–Kier alpha value is -3.54. The van der Waals surface area contributed by atoms with Crippen molar-refractivity contribution in [1.29, 1.82) is 0 Å². The van der Waals surface area contributed by atoms with Crippen LogP contribution >= 0.6 is 0 Å². The number of urea groups is 1. The van der Waals surface area contributed by atoms with Gasteiger partial charge in [0.1, 0.15) is 11.4 Å². The van der Waals surface area contributed by atoms with Gasteiger partial charge < -0.3 is 20.5 Å². The summed E-state index contributed by atoms with van der Waals surface area (Å²) in [5.74, 6) is 0.524. The van der Waals surface area contributed by atoms with Crippen molar-refractivity contribution in [3.63, 3.8) is 0 Å². The van der Waals surface area contributed by atoms with Crippen LogP contribution in [0.3, 0.4) is 0 Å². The van der Waals surface area contributed by atoms with Gasteiger partial charge in [-0.2, -0.15) is 4.98 Å². The Morgan fingerprint density at radius 1 is 0.844 bits per heavy atom. The van der Waals surface area contributed by atoms with E-state index in [1.165, 1.54) is 11.6 Å². The summed E-state index contributed by atoms with van der Waals surface area (Å²) in [6.07, 6.45) is 0. The third-order valence-corrected chi connectivity index (χ3v) is 5.00. The van der Waals surface area contributed by atoms with Gasteiger partial charge in [-0.25, -0.2) is 4.79 Å². The second-order valence-corrected chi connectivity index (χ2v) is 9.78. The molecule has 0 aliphatic rings. The summed E-state index contributed by atoms with van der Waals surface area (Å²) < 4.78 is 6.04. The van der Waals surface area contributed by atoms with E-state index in [4.69, 9.17) is 4.74 Å². The number of anilines is 2. The average molecular weight is 434 g/mol. The third kappa shape index (κ3) is 5.78. The SMILES string of the molecule is CC(C)(C)c1ccc(NC(=O)Nc2ccc(O)nc2Oc2ccccc2C(C)(C)C)cc1. The molecule has 32 heavy (non-hydrogen) atoms. The van der Waals surface area contributed by atoms with Crippen LogP contribution in [0.15, 0.2) is 60.7 Å². The highest BCUT2D eigenvalue weighted by atomic mass is 16.5. The predicted octanol–water partition coefficient (Wildman–Crippen LogP) is 6.82. The Labute approximate surface area is 189 Å². The van der Waals surface area contributed by atoms with Crippen molar-refractivity contribution in [2.24, 2.45) is 0 Å². The van der Waals surface area contributed by atoms with E-state index in [0.29, 0.717) is 17.1 Å². The first kappa shape index (κ1) is 23.1. The van der Waals surface area contributed by atoms with Gasteiger partial charge in [-0.3, -0.25) is 0 Å². The smallest absolute Gasteiger partial charge is 0.323 e. The van der Waals surface area contributed by atoms with Crippen LogP contribution < -0.4 is 15.4 Å². The summed E-state index contributed by atoms with van der Waals surface area (Å²) in [5.41, 5.74) is 3.06. The number of pyridine rings is 1. The number of carbonyl (C=O) groups is 1. The molecule has 0 spiro atoms. The van der Waals surface area contributed by atoms with Crippen molar-refractivity contribution in [3.8, 4) is 17.5 Å². The first-order valence-electron chi connectivity index (χ1n) is 10.6. The lowest BCUT2D eigenvalue weighted by Gasteiger charge is -2.23. The zero-order chi connectivity index (χ0) is 23.5. The van der Waals surface area contributed by atoms with Crippen molar-refractivity contribution in [1.82, 2.24) is 4.98 Å². The minimum Gasteiger partial charge on any atom is -0.493 e. The van der Waals surface area contributed by atoms with Gasteiger partial charge in [0.2, 0.25) is 11.8 Å². The molecule has 0 fully saturated rings. The third-order valence-electron chi connectivity index (χ3n) is 5.00. The summed E-state index contributed by atoms with van der Waals surface area (Å²) >= 11 is 0. The van der Waals surface area contributed by atoms with Crippen LogP contribution in [0.2, 0.25) is 0 Å². The molecular weight excluding hydrogens is 402 g/mol. The average Bonchev–Trinajstić information content (AvgIpc) is 2.69. The molecule has 0 aliphatic heterocycles. The summed E-state index contributed by atoms with van der Waals surface area (Å²) in [4.78, 5) is 16.7. The van der Waals surface area contributed by atoms with E-state index in [1.807, 2.05) is 48.5 Å². The Bertz CT molecular complexity index is 1090. The molecule has 3 aromatic rings. The maximum Gasteiger partial charge on any atom is 0.323 e. The van der Waals surface area contributed by atoms with Crippen LogP contribution in [0, 0.1) is 0 Å². The second kappa shape index (κ2) is 8.91. The van der Waals surface area contributed by atoms with E-state index in [0.717, 1.165) is 5.56 Å². The van der Waals surface area contributed by atoms with Crippen LogP contribution in [0.25, 0.3) is 0 Å². The molecule has 1 aromatic heterocycles. The van der Waals surface area contributed by atoms with Gasteiger partial charge in [-0.05, 0) is 40.7 Å². The van der Waals surface area contributed by atoms with Gasteiger partial charge >= 0.3 is 6.03 Å². The minimum atomic E-state index is -0.435. The number of para-hydroxylation sites is 1. The Morgan fingerprint density at radius 2 is 1.50 bits per heavy atom. The lowest BCUT2D eigenvalue weighted by atomic mass is 9.86. The largest absolute Gasteiger partial charge is 0.493 e. The standard InChI is InChI=1S/C26H31N3O3/c1-25(2,3)17-11-13-18(14-12-17)27-24(31)28-20-15-16-22(30)29-23(20)32-21-10-8-7-9-19(21)26(4,5)6/h7-16H,1-6H3,(H,29,30)(H2,27,28,31). The van der Waals surface area contributed by atoms with Crippen LogP contribution in [0.5, 0.6) is 17.5 Å². The van der Waals surface area contributed by atoms with Gasteiger partial charge in [0.25, 0.3) is 0 Å².